The molecule has 0 fully saturated rings. The molecule has 0 aliphatic carbocycles. The second-order valence-electron chi connectivity index (χ2n) is 5.73. The standard InChI is InChI=1S/C14H14F3N7/c1-8-5-11(18-7-9-6-10-3-2-4-23(10)21-9)24-13(19-8)20-12(22-24)14(15,16)17/h5-6,18H,2-4,7H2,1H3. The van der Waals surface area contributed by atoms with Crippen molar-refractivity contribution >= 4 is 11.6 Å². The summed E-state index contributed by atoms with van der Waals surface area (Å²) in [5, 5.41) is 11.1. The molecule has 3 aromatic heterocycles. The monoisotopic (exact) mass is 337 g/mol. The van der Waals surface area contributed by atoms with Crippen LogP contribution in [0.4, 0.5) is 19.0 Å². The lowest BCUT2D eigenvalue weighted by molar-refractivity contribution is -0.144. The van der Waals surface area contributed by atoms with E-state index in [4.69, 9.17) is 0 Å². The maximum absolute atomic E-state index is 12.8. The first-order valence-corrected chi connectivity index (χ1v) is 7.51. The SMILES string of the molecule is Cc1cc(NCc2cc3n(n2)CCC3)n2nc(C(F)(F)F)nc2n1. The normalized spacial score (nSPS) is 14.3. The van der Waals surface area contributed by atoms with Crippen molar-refractivity contribution < 1.29 is 13.2 Å². The van der Waals surface area contributed by atoms with E-state index in [2.05, 4.69) is 25.5 Å². The first-order valence-electron chi connectivity index (χ1n) is 7.51. The number of hydrogen-bond donors (Lipinski definition) is 1. The summed E-state index contributed by atoms with van der Waals surface area (Å²) < 4.78 is 41.4. The van der Waals surface area contributed by atoms with Crippen molar-refractivity contribution in [3.63, 3.8) is 0 Å². The summed E-state index contributed by atoms with van der Waals surface area (Å²) >= 11 is 0. The molecule has 10 heteroatoms. The lowest BCUT2D eigenvalue weighted by Crippen LogP contribution is -2.09. The number of aryl methyl sites for hydroxylation is 3. The van der Waals surface area contributed by atoms with Gasteiger partial charge in [-0.1, -0.05) is 0 Å². The van der Waals surface area contributed by atoms with Crippen LogP contribution in [-0.4, -0.2) is 29.4 Å². The van der Waals surface area contributed by atoms with Crippen molar-refractivity contribution in [3.05, 3.63) is 35.0 Å². The molecule has 0 radical (unpaired) electrons. The van der Waals surface area contributed by atoms with Gasteiger partial charge in [-0.2, -0.15) is 27.8 Å². The van der Waals surface area contributed by atoms with E-state index in [9.17, 15) is 13.2 Å². The third kappa shape index (κ3) is 2.57. The fraction of sp³-hybridized carbons (Fsp3) is 0.429. The van der Waals surface area contributed by atoms with Crippen LogP contribution in [-0.2, 0) is 25.7 Å². The Kier molecular flexibility index (Phi) is 3.22. The summed E-state index contributed by atoms with van der Waals surface area (Å²) in [6.45, 7) is 2.99. The molecule has 7 nitrogen and oxygen atoms in total. The Balaban J connectivity index is 1.63. The second-order valence-corrected chi connectivity index (χ2v) is 5.73. The molecule has 1 aliphatic heterocycles. The molecular formula is C14H14F3N7. The minimum atomic E-state index is -4.61. The van der Waals surface area contributed by atoms with Gasteiger partial charge in [0.05, 0.1) is 12.2 Å². The summed E-state index contributed by atoms with van der Waals surface area (Å²) in [5.74, 6) is -0.893. The zero-order valence-electron chi connectivity index (χ0n) is 12.8. The molecule has 24 heavy (non-hydrogen) atoms. The molecule has 0 aromatic carbocycles. The zero-order chi connectivity index (χ0) is 16.9. The van der Waals surface area contributed by atoms with Crippen molar-refractivity contribution in [1.29, 1.82) is 0 Å². The first kappa shape index (κ1) is 14.9. The molecule has 3 aromatic rings. The molecule has 0 unspecified atom stereocenters. The molecule has 0 bridgehead atoms. The van der Waals surface area contributed by atoms with Gasteiger partial charge in [0.15, 0.2) is 0 Å². The number of aromatic nitrogens is 6. The van der Waals surface area contributed by atoms with Gasteiger partial charge in [0, 0.05) is 24.0 Å². The van der Waals surface area contributed by atoms with Gasteiger partial charge in [0.1, 0.15) is 5.82 Å². The number of hydrogen-bond acceptors (Lipinski definition) is 5. The average Bonchev–Trinajstić information content (AvgIpc) is 3.16. The predicted octanol–water partition coefficient (Wildman–Crippen LogP) is 2.21. The average molecular weight is 337 g/mol. The molecule has 1 N–H and O–H groups in total. The Morgan fingerprint density at radius 2 is 2.04 bits per heavy atom. The third-order valence-corrected chi connectivity index (χ3v) is 3.86. The molecule has 0 amide bonds. The van der Waals surface area contributed by atoms with Crippen molar-refractivity contribution in [2.75, 3.05) is 5.32 Å². The molecule has 1 aliphatic rings. The van der Waals surface area contributed by atoms with Gasteiger partial charge in [0.25, 0.3) is 11.6 Å². The van der Waals surface area contributed by atoms with Gasteiger partial charge >= 0.3 is 6.18 Å². The van der Waals surface area contributed by atoms with Gasteiger partial charge in [-0.25, -0.2) is 4.98 Å². The summed E-state index contributed by atoms with van der Waals surface area (Å²) in [6.07, 6.45) is -2.51. The molecule has 4 rings (SSSR count). The highest BCUT2D eigenvalue weighted by Crippen LogP contribution is 2.27. The number of fused-ring (bicyclic) bond motifs is 2. The first-order chi connectivity index (χ1) is 11.4. The maximum atomic E-state index is 12.8. The highest BCUT2D eigenvalue weighted by molar-refractivity contribution is 5.45. The molecular weight excluding hydrogens is 323 g/mol. The summed E-state index contributed by atoms with van der Waals surface area (Å²) in [5.41, 5.74) is 2.57. The minimum Gasteiger partial charge on any atom is -0.364 e. The van der Waals surface area contributed by atoms with Crippen LogP contribution in [0.15, 0.2) is 12.1 Å². The number of halogens is 3. The third-order valence-electron chi connectivity index (χ3n) is 3.86. The fourth-order valence-corrected chi connectivity index (χ4v) is 2.82. The van der Waals surface area contributed by atoms with Crippen molar-refractivity contribution in [1.82, 2.24) is 29.4 Å². The molecule has 4 heterocycles. The lowest BCUT2D eigenvalue weighted by Gasteiger charge is -2.07. The van der Waals surface area contributed by atoms with E-state index in [1.54, 1.807) is 13.0 Å². The molecule has 0 atom stereocenters. The van der Waals surface area contributed by atoms with Crippen LogP contribution < -0.4 is 5.32 Å². The Morgan fingerprint density at radius 1 is 1.21 bits per heavy atom. The van der Waals surface area contributed by atoms with Crippen LogP contribution in [0, 0.1) is 6.92 Å². The quantitative estimate of drug-likeness (QED) is 0.793. The van der Waals surface area contributed by atoms with Gasteiger partial charge < -0.3 is 5.32 Å². The van der Waals surface area contributed by atoms with E-state index >= 15 is 0 Å². The van der Waals surface area contributed by atoms with Crippen LogP contribution in [0.1, 0.15) is 29.3 Å². The van der Waals surface area contributed by atoms with E-state index in [0.717, 1.165) is 29.6 Å². The van der Waals surface area contributed by atoms with Crippen molar-refractivity contribution in [2.24, 2.45) is 0 Å². The van der Waals surface area contributed by atoms with Crippen molar-refractivity contribution in [3.8, 4) is 0 Å². The molecule has 0 spiro atoms. The Bertz CT molecular complexity index is 888. The smallest absolute Gasteiger partial charge is 0.364 e. The highest BCUT2D eigenvalue weighted by Gasteiger charge is 2.36. The summed E-state index contributed by atoms with van der Waals surface area (Å²) in [7, 11) is 0. The van der Waals surface area contributed by atoms with E-state index in [1.807, 2.05) is 10.7 Å². The number of rotatable bonds is 3. The summed E-state index contributed by atoms with van der Waals surface area (Å²) in [6, 6.07) is 3.64. The fourth-order valence-electron chi connectivity index (χ4n) is 2.82. The van der Waals surface area contributed by atoms with E-state index in [-0.39, 0.29) is 5.78 Å². The van der Waals surface area contributed by atoms with Crippen LogP contribution in [0.25, 0.3) is 5.78 Å². The molecule has 126 valence electrons. The topological polar surface area (TPSA) is 72.9 Å². The largest absolute Gasteiger partial charge is 0.453 e. The Labute approximate surface area is 134 Å². The highest BCUT2D eigenvalue weighted by atomic mass is 19.4. The molecule has 0 saturated heterocycles. The number of nitrogens with zero attached hydrogens (tertiary/aromatic N) is 6. The number of alkyl halides is 3. The Morgan fingerprint density at radius 3 is 2.79 bits per heavy atom. The number of nitrogens with one attached hydrogen (secondary N) is 1. The van der Waals surface area contributed by atoms with Crippen LogP contribution in [0.5, 0.6) is 0 Å². The van der Waals surface area contributed by atoms with E-state index in [1.165, 1.54) is 5.69 Å². The van der Waals surface area contributed by atoms with E-state index in [0.29, 0.717) is 18.1 Å². The van der Waals surface area contributed by atoms with Gasteiger partial charge in [-0.05, 0) is 25.8 Å². The maximum Gasteiger partial charge on any atom is 0.453 e. The van der Waals surface area contributed by atoms with E-state index < -0.39 is 12.0 Å². The van der Waals surface area contributed by atoms with Crippen LogP contribution in [0.3, 0.4) is 0 Å². The minimum absolute atomic E-state index is 0.0860. The zero-order valence-corrected chi connectivity index (χ0v) is 12.8. The predicted molar refractivity (Wildman–Crippen MR) is 78.4 cm³/mol. The number of anilines is 1. The Hall–Kier alpha value is -2.65. The molecule has 0 saturated carbocycles. The van der Waals surface area contributed by atoms with Crippen LogP contribution >= 0.6 is 0 Å². The lowest BCUT2D eigenvalue weighted by atomic mass is 10.2. The van der Waals surface area contributed by atoms with Crippen molar-refractivity contribution in [2.45, 2.75) is 39.0 Å². The second kappa shape index (κ2) is 5.18. The van der Waals surface area contributed by atoms with Crippen LogP contribution in [0.2, 0.25) is 0 Å². The summed E-state index contributed by atoms with van der Waals surface area (Å²) in [4.78, 5) is 7.45. The van der Waals surface area contributed by atoms with Gasteiger partial charge in [-0.15, -0.1) is 5.10 Å². The van der Waals surface area contributed by atoms with Gasteiger partial charge in [0.2, 0.25) is 0 Å². The van der Waals surface area contributed by atoms with Gasteiger partial charge in [-0.3, -0.25) is 4.68 Å².